The fourth-order valence-corrected chi connectivity index (χ4v) is 5.19. The number of benzene rings is 1. The lowest BCUT2D eigenvalue weighted by molar-refractivity contribution is 0.0505. The van der Waals surface area contributed by atoms with Crippen molar-refractivity contribution in [2.45, 2.75) is 71.6 Å². The van der Waals surface area contributed by atoms with Gasteiger partial charge < -0.3 is 15.4 Å². The van der Waals surface area contributed by atoms with Crippen molar-refractivity contribution in [2.75, 3.05) is 19.6 Å². The Balaban J connectivity index is 1.39. The number of amides is 2. The van der Waals surface area contributed by atoms with Gasteiger partial charge in [-0.3, -0.25) is 14.1 Å². The molecule has 0 radical (unpaired) electrons. The van der Waals surface area contributed by atoms with E-state index in [0.717, 1.165) is 37.3 Å². The van der Waals surface area contributed by atoms with Crippen LogP contribution >= 0.6 is 11.6 Å². The van der Waals surface area contributed by atoms with Crippen LogP contribution in [0.15, 0.2) is 48.7 Å². The zero-order valence-electron chi connectivity index (χ0n) is 23.5. The molecule has 0 bridgehead atoms. The maximum Gasteiger partial charge on any atom is 0.407 e. The zero-order valence-corrected chi connectivity index (χ0v) is 24.3. The summed E-state index contributed by atoms with van der Waals surface area (Å²) < 4.78 is 7.24. The molecule has 3 aromatic rings. The molecule has 8 nitrogen and oxygen atoms in total. The van der Waals surface area contributed by atoms with Gasteiger partial charge in [-0.05, 0) is 69.4 Å². The largest absolute Gasteiger partial charge is 0.444 e. The van der Waals surface area contributed by atoms with Crippen LogP contribution in [-0.2, 0) is 11.3 Å². The Morgan fingerprint density at radius 2 is 1.90 bits per heavy atom. The van der Waals surface area contributed by atoms with Crippen LogP contribution < -0.4 is 10.6 Å². The second-order valence-electron chi connectivity index (χ2n) is 11.8. The number of rotatable bonds is 9. The van der Waals surface area contributed by atoms with Gasteiger partial charge in [-0.25, -0.2) is 9.78 Å². The molecule has 0 saturated carbocycles. The third-order valence-electron chi connectivity index (χ3n) is 6.76. The molecule has 2 unspecified atom stereocenters. The van der Waals surface area contributed by atoms with E-state index in [1.54, 1.807) is 0 Å². The number of halogens is 1. The molecule has 2 aromatic heterocycles. The standard InChI is InChI=1S/C30H40ClN5O3/c1-20(2)15-22(21-9-11-23(31)12-10-21)16-32-28(37)26-7-6-8-27-33-25(19-36(26)27)18-35-14-13-24(17-35)34-29(38)39-30(3,4)5/h6-12,19-20,22,24H,13-18H2,1-5H3,(H,32,37)(H,34,38). The smallest absolute Gasteiger partial charge is 0.407 e. The van der Waals surface area contributed by atoms with Crippen molar-refractivity contribution < 1.29 is 14.3 Å². The third kappa shape index (κ3) is 8.19. The van der Waals surface area contributed by atoms with Crippen LogP contribution in [0.25, 0.3) is 5.65 Å². The van der Waals surface area contributed by atoms with Gasteiger partial charge in [0.15, 0.2) is 0 Å². The third-order valence-corrected chi connectivity index (χ3v) is 7.01. The number of alkyl carbamates (subject to hydrolysis) is 1. The van der Waals surface area contributed by atoms with E-state index in [1.807, 2.05) is 73.8 Å². The summed E-state index contributed by atoms with van der Waals surface area (Å²) in [7, 11) is 0. The monoisotopic (exact) mass is 553 g/mol. The predicted molar refractivity (Wildman–Crippen MR) is 154 cm³/mol. The first-order valence-corrected chi connectivity index (χ1v) is 14.1. The fraction of sp³-hybridized carbons (Fsp3) is 0.500. The number of carbonyl (C=O) groups excluding carboxylic acids is 2. The summed E-state index contributed by atoms with van der Waals surface area (Å²) in [5.41, 5.74) is 2.82. The molecule has 1 aromatic carbocycles. The maximum absolute atomic E-state index is 13.3. The van der Waals surface area contributed by atoms with E-state index in [9.17, 15) is 9.59 Å². The minimum Gasteiger partial charge on any atom is -0.444 e. The van der Waals surface area contributed by atoms with Crippen molar-refractivity contribution in [3.8, 4) is 0 Å². The van der Waals surface area contributed by atoms with Crippen LogP contribution in [0.1, 0.15) is 75.1 Å². The first-order valence-electron chi connectivity index (χ1n) is 13.7. The van der Waals surface area contributed by atoms with Crippen LogP contribution in [0.3, 0.4) is 0 Å². The van der Waals surface area contributed by atoms with Crippen molar-refractivity contribution in [3.05, 3.63) is 70.6 Å². The summed E-state index contributed by atoms with van der Waals surface area (Å²) in [5, 5.41) is 6.82. The van der Waals surface area contributed by atoms with Gasteiger partial charge in [-0.2, -0.15) is 0 Å². The van der Waals surface area contributed by atoms with Crippen molar-refractivity contribution in [2.24, 2.45) is 5.92 Å². The van der Waals surface area contributed by atoms with Gasteiger partial charge in [0, 0.05) is 49.4 Å². The summed E-state index contributed by atoms with van der Waals surface area (Å²) in [6.07, 6.45) is 3.36. The molecular formula is C30H40ClN5O3. The Morgan fingerprint density at radius 1 is 1.15 bits per heavy atom. The number of hydrogen-bond donors (Lipinski definition) is 2. The first-order chi connectivity index (χ1) is 18.5. The number of aromatic nitrogens is 2. The molecule has 4 rings (SSSR count). The molecule has 9 heteroatoms. The van der Waals surface area contributed by atoms with Gasteiger partial charge in [-0.1, -0.05) is 43.6 Å². The highest BCUT2D eigenvalue weighted by Gasteiger charge is 2.27. The number of nitrogens with zero attached hydrogens (tertiary/aromatic N) is 3. The van der Waals surface area contributed by atoms with E-state index in [0.29, 0.717) is 29.7 Å². The molecule has 1 fully saturated rings. The molecule has 210 valence electrons. The molecule has 1 saturated heterocycles. The fourth-order valence-electron chi connectivity index (χ4n) is 5.07. The van der Waals surface area contributed by atoms with Crippen LogP contribution in [0, 0.1) is 5.92 Å². The molecular weight excluding hydrogens is 514 g/mol. The molecule has 1 aliphatic rings. The predicted octanol–water partition coefficient (Wildman–Crippen LogP) is 5.65. The minimum atomic E-state index is -0.520. The number of carbonyl (C=O) groups is 2. The topological polar surface area (TPSA) is 88.0 Å². The molecule has 0 spiro atoms. The molecule has 2 N–H and O–H groups in total. The molecule has 2 atom stereocenters. The lowest BCUT2D eigenvalue weighted by Crippen LogP contribution is -2.40. The Labute approximate surface area is 236 Å². The normalized spacial score (nSPS) is 16.9. The van der Waals surface area contributed by atoms with E-state index in [4.69, 9.17) is 21.3 Å². The highest BCUT2D eigenvalue weighted by molar-refractivity contribution is 6.30. The highest BCUT2D eigenvalue weighted by Crippen LogP contribution is 2.25. The number of nitrogens with one attached hydrogen (secondary N) is 2. The van der Waals surface area contributed by atoms with Crippen molar-refractivity contribution in [1.82, 2.24) is 24.9 Å². The lowest BCUT2D eigenvalue weighted by atomic mass is 9.90. The van der Waals surface area contributed by atoms with E-state index in [2.05, 4.69) is 29.4 Å². The van der Waals surface area contributed by atoms with Gasteiger partial charge in [0.05, 0.1) is 5.69 Å². The Kier molecular flexibility index (Phi) is 9.18. The quantitative estimate of drug-likeness (QED) is 0.358. The van der Waals surface area contributed by atoms with E-state index in [1.165, 1.54) is 5.56 Å². The summed E-state index contributed by atoms with van der Waals surface area (Å²) in [5.74, 6) is 0.558. The Hall–Kier alpha value is -3.10. The van der Waals surface area contributed by atoms with E-state index < -0.39 is 5.60 Å². The zero-order chi connectivity index (χ0) is 28.2. The second-order valence-corrected chi connectivity index (χ2v) is 12.3. The number of ether oxygens (including phenoxy) is 1. The van der Waals surface area contributed by atoms with Crippen LogP contribution in [0.5, 0.6) is 0 Å². The molecule has 0 aliphatic carbocycles. The summed E-state index contributed by atoms with van der Waals surface area (Å²) >= 11 is 6.09. The molecule has 3 heterocycles. The van der Waals surface area contributed by atoms with E-state index in [-0.39, 0.29) is 24.0 Å². The van der Waals surface area contributed by atoms with Crippen molar-refractivity contribution in [1.29, 1.82) is 0 Å². The van der Waals surface area contributed by atoms with E-state index >= 15 is 0 Å². The first kappa shape index (κ1) is 28.9. The summed E-state index contributed by atoms with van der Waals surface area (Å²) in [6.45, 7) is 12.7. The molecule has 39 heavy (non-hydrogen) atoms. The van der Waals surface area contributed by atoms with Gasteiger partial charge in [0.25, 0.3) is 5.91 Å². The second kappa shape index (κ2) is 12.4. The van der Waals surface area contributed by atoms with Gasteiger partial charge in [-0.15, -0.1) is 0 Å². The molecule has 2 amide bonds. The SMILES string of the molecule is CC(C)CC(CNC(=O)c1cccc2nc(CN3CCC(NC(=O)OC(C)(C)C)C3)cn12)c1ccc(Cl)cc1. The number of imidazole rings is 1. The molecule has 1 aliphatic heterocycles. The van der Waals surface area contributed by atoms with Gasteiger partial charge >= 0.3 is 6.09 Å². The van der Waals surface area contributed by atoms with Crippen LogP contribution in [0.2, 0.25) is 5.02 Å². The Bertz CT molecular complexity index is 1280. The van der Waals surface area contributed by atoms with Gasteiger partial charge in [0.1, 0.15) is 16.9 Å². The lowest BCUT2D eigenvalue weighted by Gasteiger charge is -2.22. The summed E-state index contributed by atoms with van der Waals surface area (Å²) in [4.78, 5) is 32.4. The Morgan fingerprint density at radius 3 is 2.59 bits per heavy atom. The van der Waals surface area contributed by atoms with Gasteiger partial charge in [0.2, 0.25) is 0 Å². The highest BCUT2D eigenvalue weighted by atomic mass is 35.5. The maximum atomic E-state index is 13.3. The number of fused-ring (bicyclic) bond motifs is 1. The average molecular weight is 554 g/mol. The van der Waals surface area contributed by atoms with Crippen LogP contribution in [0.4, 0.5) is 4.79 Å². The number of pyridine rings is 1. The average Bonchev–Trinajstić information content (AvgIpc) is 3.46. The number of hydrogen-bond acceptors (Lipinski definition) is 5. The van der Waals surface area contributed by atoms with Crippen molar-refractivity contribution >= 4 is 29.2 Å². The van der Waals surface area contributed by atoms with Crippen molar-refractivity contribution in [3.63, 3.8) is 0 Å². The summed E-state index contributed by atoms with van der Waals surface area (Å²) in [6, 6.07) is 13.5. The number of likely N-dealkylation sites (tertiary alicyclic amines) is 1. The minimum absolute atomic E-state index is 0.0395. The van der Waals surface area contributed by atoms with Crippen LogP contribution in [-0.4, -0.2) is 57.6 Å².